The van der Waals surface area contributed by atoms with Gasteiger partial charge >= 0.3 is 16.0 Å². The third-order valence-electron chi connectivity index (χ3n) is 1.57. The Bertz CT molecular complexity index is 190. The van der Waals surface area contributed by atoms with Gasteiger partial charge in [-0.1, -0.05) is 19.1 Å². The molecule has 0 bridgehead atoms. The molecule has 13 heavy (non-hydrogen) atoms. The zero-order valence-corrected chi connectivity index (χ0v) is 12.5. The van der Waals surface area contributed by atoms with Crippen LogP contribution >= 0.6 is 25.8 Å². The molecule has 0 amide bonds. The zero-order chi connectivity index (χ0) is 10.1. The monoisotopic (exact) mass is 318 g/mol. The summed E-state index contributed by atoms with van der Waals surface area (Å²) in [7, 11) is 1.68. The molecule has 1 rings (SSSR count). The molecular weight excluding hydrogens is 308 g/mol. The maximum Gasteiger partial charge on any atom is 0.560 e. The Kier molecular flexibility index (Phi) is 9.84. The second kappa shape index (κ2) is 9.31. The van der Waals surface area contributed by atoms with Crippen molar-refractivity contribution in [2.24, 2.45) is 0 Å². The Morgan fingerprint density at radius 1 is 1.23 bits per heavy atom. The second-order valence-electron chi connectivity index (χ2n) is 2.30. The van der Waals surface area contributed by atoms with E-state index in [0.29, 0.717) is 0 Å². The van der Waals surface area contributed by atoms with E-state index in [1.54, 1.807) is 7.11 Å². The van der Waals surface area contributed by atoms with Gasteiger partial charge in [-0.15, -0.1) is 0 Å². The molecule has 1 aromatic carbocycles. The Balaban J connectivity index is 0.000000424. The summed E-state index contributed by atoms with van der Waals surface area (Å²) in [6.07, 6.45) is 1.09. The van der Waals surface area contributed by atoms with Gasteiger partial charge in [0.25, 0.3) is 0 Å². The van der Waals surface area contributed by atoms with E-state index in [0.717, 1.165) is 12.2 Å². The van der Waals surface area contributed by atoms with E-state index in [9.17, 15) is 0 Å². The van der Waals surface area contributed by atoms with Crippen LogP contribution in [-0.4, -0.2) is 23.1 Å². The summed E-state index contributed by atoms with van der Waals surface area (Å²) in [5, 5.41) is 0. The number of halogens is 2. The van der Waals surface area contributed by atoms with E-state index >= 15 is 0 Å². The molecule has 0 fully saturated rings. The fourth-order valence-corrected chi connectivity index (χ4v) is 0.861. The van der Waals surface area contributed by atoms with Crippen molar-refractivity contribution in [1.82, 2.24) is 0 Å². The number of ether oxygens (including phenoxy) is 1. The number of methoxy groups -OCH3 is 1. The molecule has 1 nitrogen and oxygen atoms in total. The van der Waals surface area contributed by atoms with Crippen LogP contribution in [0.25, 0.3) is 0 Å². The third kappa shape index (κ3) is 6.77. The van der Waals surface area contributed by atoms with Crippen molar-refractivity contribution in [2.75, 3.05) is 7.11 Å². The van der Waals surface area contributed by atoms with Gasteiger partial charge in [-0.2, -0.15) is 0 Å². The fourth-order valence-electron chi connectivity index (χ4n) is 0.861. The van der Waals surface area contributed by atoms with Gasteiger partial charge in [-0.3, -0.25) is 25.8 Å². The standard InChI is InChI=1S/C9H12O.2BrH.Mg/c1-3-8-4-6-9(10-2)7-5-8;;;/h4-7H,3H2,1-2H3;2*1H;/q;;;+2/p-2. The van der Waals surface area contributed by atoms with E-state index in [-0.39, 0.29) is 16.0 Å². The molecule has 0 unspecified atom stereocenters. The minimum absolute atomic E-state index is 0.0417. The van der Waals surface area contributed by atoms with Crippen molar-refractivity contribution < 1.29 is 4.74 Å². The highest BCUT2D eigenvalue weighted by Gasteiger charge is 1.89. The molecule has 0 atom stereocenters. The average Bonchev–Trinajstić information content (AvgIpc) is 2.19. The molecule has 0 aliphatic heterocycles. The van der Waals surface area contributed by atoms with Gasteiger partial charge in [0.15, 0.2) is 0 Å². The molecule has 0 N–H and O–H groups in total. The summed E-state index contributed by atoms with van der Waals surface area (Å²) >= 11 is 6.44. The smallest absolute Gasteiger partial charge is 0.497 e. The highest BCUT2D eigenvalue weighted by atomic mass is 79.9. The molecule has 0 radical (unpaired) electrons. The van der Waals surface area contributed by atoms with Crippen LogP contribution in [0.2, 0.25) is 0 Å². The normalized spacial score (nSPS) is 8.00. The van der Waals surface area contributed by atoms with Crippen molar-refractivity contribution in [3.05, 3.63) is 29.8 Å². The predicted molar refractivity (Wildman–Crippen MR) is 66.0 cm³/mol. The predicted octanol–water partition coefficient (Wildman–Crippen LogP) is 3.57. The van der Waals surface area contributed by atoms with Crippen molar-refractivity contribution in [1.29, 1.82) is 0 Å². The molecule has 0 heterocycles. The van der Waals surface area contributed by atoms with Gasteiger partial charge in [0.1, 0.15) is 5.75 Å². The Labute approximate surface area is 102 Å². The van der Waals surface area contributed by atoms with E-state index in [1.165, 1.54) is 5.56 Å². The fraction of sp³-hybridized carbons (Fsp3) is 0.333. The second-order valence-corrected chi connectivity index (χ2v) is 10.4. The highest BCUT2D eigenvalue weighted by Crippen LogP contribution is 2.10. The van der Waals surface area contributed by atoms with Gasteiger partial charge in [0.05, 0.1) is 7.11 Å². The van der Waals surface area contributed by atoms with Crippen LogP contribution < -0.4 is 4.74 Å². The summed E-state index contributed by atoms with van der Waals surface area (Å²) in [4.78, 5) is 0. The maximum absolute atomic E-state index is 5.01. The van der Waals surface area contributed by atoms with E-state index in [4.69, 9.17) is 4.74 Å². The minimum Gasteiger partial charge on any atom is -0.497 e. The van der Waals surface area contributed by atoms with Crippen LogP contribution in [0.15, 0.2) is 24.3 Å². The van der Waals surface area contributed by atoms with E-state index < -0.39 is 0 Å². The van der Waals surface area contributed by atoms with Gasteiger partial charge in [-0.05, 0) is 24.1 Å². The lowest BCUT2D eigenvalue weighted by Gasteiger charge is -1.99. The lowest BCUT2D eigenvalue weighted by atomic mass is 10.2. The van der Waals surface area contributed by atoms with Gasteiger partial charge < -0.3 is 4.74 Å². The molecule has 0 aliphatic rings. The van der Waals surface area contributed by atoms with Gasteiger partial charge in [0, 0.05) is 0 Å². The minimum atomic E-state index is 0.0417. The lowest BCUT2D eigenvalue weighted by molar-refractivity contribution is 0.414. The van der Waals surface area contributed by atoms with E-state index in [1.807, 2.05) is 12.1 Å². The van der Waals surface area contributed by atoms with Crippen molar-refractivity contribution in [2.45, 2.75) is 13.3 Å². The van der Waals surface area contributed by atoms with Crippen LogP contribution in [0.3, 0.4) is 0 Å². The first-order valence-electron chi connectivity index (χ1n) is 4.03. The quantitative estimate of drug-likeness (QED) is 0.757. The summed E-state index contributed by atoms with van der Waals surface area (Å²) in [5.74, 6) is 0.928. The Morgan fingerprint density at radius 2 is 1.69 bits per heavy atom. The first-order chi connectivity index (χ1) is 6.28. The molecular formula is C9H12Br2MgO. The van der Waals surface area contributed by atoms with Gasteiger partial charge in [-0.25, -0.2) is 0 Å². The van der Waals surface area contributed by atoms with Crippen LogP contribution in [0, 0.1) is 0 Å². The zero-order valence-electron chi connectivity index (χ0n) is 7.89. The summed E-state index contributed by atoms with van der Waals surface area (Å²) in [5.41, 5.74) is 1.35. The average molecular weight is 320 g/mol. The summed E-state index contributed by atoms with van der Waals surface area (Å²) in [6, 6.07) is 8.13. The number of hydrogen-bond donors (Lipinski definition) is 0. The maximum atomic E-state index is 5.01. The number of rotatable bonds is 2. The molecule has 4 heteroatoms. The molecule has 0 aliphatic carbocycles. The first kappa shape index (κ1) is 13.7. The molecule has 0 saturated carbocycles. The van der Waals surface area contributed by atoms with Crippen molar-refractivity contribution in [3.8, 4) is 5.75 Å². The van der Waals surface area contributed by atoms with Crippen LogP contribution in [0.5, 0.6) is 5.75 Å². The largest absolute Gasteiger partial charge is 0.560 e. The topological polar surface area (TPSA) is 9.23 Å². The van der Waals surface area contributed by atoms with Crippen LogP contribution in [0.1, 0.15) is 12.5 Å². The first-order valence-corrected chi connectivity index (χ1v) is 11.8. The SMILES string of the molecule is CCc1ccc(OC)cc1.[Br][Mg][Br]. The Morgan fingerprint density at radius 3 is 2.00 bits per heavy atom. The third-order valence-corrected chi connectivity index (χ3v) is 1.57. The van der Waals surface area contributed by atoms with Crippen molar-refractivity contribution in [3.63, 3.8) is 0 Å². The number of benzene rings is 1. The summed E-state index contributed by atoms with van der Waals surface area (Å²) in [6.45, 7) is 2.14. The molecule has 1 aromatic rings. The van der Waals surface area contributed by atoms with E-state index in [2.05, 4.69) is 44.8 Å². The highest BCUT2D eigenvalue weighted by molar-refractivity contribution is 9.47. The number of aryl methyl sites for hydroxylation is 1. The van der Waals surface area contributed by atoms with Crippen LogP contribution in [0.4, 0.5) is 0 Å². The molecule has 0 aromatic heterocycles. The van der Waals surface area contributed by atoms with Crippen molar-refractivity contribution >= 4 is 41.8 Å². The van der Waals surface area contributed by atoms with Crippen LogP contribution in [-0.2, 0) is 6.42 Å². The lowest BCUT2D eigenvalue weighted by Crippen LogP contribution is -1.83. The molecule has 0 saturated heterocycles. The summed E-state index contributed by atoms with van der Waals surface area (Å²) < 4.78 is 5.01. The molecule has 0 spiro atoms. The van der Waals surface area contributed by atoms with Gasteiger partial charge in [0.2, 0.25) is 0 Å². The molecule has 70 valence electrons. The number of hydrogen-bond acceptors (Lipinski definition) is 1. The Hall–Kier alpha value is 0.746.